The second-order valence-corrected chi connectivity index (χ2v) is 3.26. The molecule has 0 aliphatic heterocycles. The average molecular weight is 190 g/mol. The Morgan fingerprint density at radius 3 is 2.62 bits per heavy atom. The molecular formula is C11H10OS. The van der Waals surface area contributed by atoms with Crippen molar-refractivity contribution in [2.75, 3.05) is 0 Å². The van der Waals surface area contributed by atoms with Crippen molar-refractivity contribution < 1.29 is 5.11 Å². The molecule has 0 fully saturated rings. The van der Waals surface area contributed by atoms with Gasteiger partial charge < -0.3 is 5.11 Å². The van der Waals surface area contributed by atoms with Crippen LogP contribution in [0.25, 0.3) is 10.8 Å². The Morgan fingerprint density at radius 2 is 1.85 bits per heavy atom. The third kappa shape index (κ3) is 1.38. The minimum atomic E-state index is 0.328. The van der Waals surface area contributed by atoms with Gasteiger partial charge in [-0.1, -0.05) is 30.3 Å². The van der Waals surface area contributed by atoms with Gasteiger partial charge in [-0.3, -0.25) is 0 Å². The monoisotopic (exact) mass is 190 g/mol. The van der Waals surface area contributed by atoms with Gasteiger partial charge in [0.2, 0.25) is 0 Å². The minimum absolute atomic E-state index is 0.328. The van der Waals surface area contributed by atoms with E-state index >= 15 is 0 Å². The summed E-state index contributed by atoms with van der Waals surface area (Å²) >= 11 is 4.20. The van der Waals surface area contributed by atoms with Crippen molar-refractivity contribution in [3.8, 4) is 5.75 Å². The molecule has 0 aliphatic carbocycles. The first-order valence-corrected chi connectivity index (χ1v) is 4.76. The van der Waals surface area contributed by atoms with Gasteiger partial charge in [0.15, 0.2) is 0 Å². The Labute approximate surface area is 82.4 Å². The van der Waals surface area contributed by atoms with Gasteiger partial charge in [0, 0.05) is 11.3 Å². The third-order valence-corrected chi connectivity index (χ3v) is 2.49. The Morgan fingerprint density at radius 1 is 1.08 bits per heavy atom. The fourth-order valence-corrected chi connectivity index (χ4v) is 1.82. The Hall–Kier alpha value is -1.15. The van der Waals surface area contributed by atoms with Crippen LogP contribution in [0, 0.1) is 0 Å². The highest BCUT2D eigenvalue weighted by Gasteiger charge is 2.03. The van der Waals surface area contributed by atoms with Gasteiger partial charge >= 0.3 is 0 Å². The van der Waals surface area contributed by atoms with E-state index in [1.54, 1.807) is 6.07 Å². The summed E-state index contributed by atoms with van der Waals surface area (Å²) in [7, 11) is 0. The fraction of sp³-hybridized carbons (Fsp3) is 0.0909. The third-order valence-electron chi connectivity index (χ3n) is 2.17. The molecule has 13 heavy (non-hydrogen) atoms. The van der Waals surface area contributed by atoms with Crippen LogP contribution in [-0.4, -0.2) is 5.11 Å². The maximum absolute atomic E-state index is 9.56. The smallest absolute Gasteiger partial charge is 0.120 e. The fourth-order valence-electron chi connectivity index (χ4n) is 1.49. The summed E-state index contributed by atoms with van der Waals surface area (Å²) in [5.41, 5.74) is 0.904. The predicted octanol–water partition coefficient (Wildman–Crippen LogP) is 2.98. The van der Waals surface area contributed by atoms with Crippen LogP contribution in [0.4, 0.5) is 0 Å². The summed E-state index contributed by atoms with van der Waals surface area (Å²) in [5.74, 6) is 0.890. The first-order chi connectivity index (χ1) is 6.33. The first kappa shape index (κ1) is 8.45. The van der Waals surface area contributed by atoms with Crippen LogP contribution in [-0.2, 0) is 5.75 Å². The van der Waals surface area contributed by atoms with Crippen molar-refractivity contribution >= 4 is 23.4 Å². The van der Waals surface area contributed by atoms with E-state index in [2.05, 4.69) is 12.6 Å². The van der Waals surface area contributed by atoms with Gasteiger partial charge in [0.05, 0.1) is 0 Å². The summed E-state index contributed by atoms with van der Waals surface area (Å²) in [6.07, 6.45) is 0. The highest BCUT2D eigenvalue weighted by Crippen LogP contribution is 2.27. The van der Waals surface area contributed by atoms with Crippen LogP contribution in [0.1, 0.15) is 5.56 Å². The van der Waals surface area contributed by atoms with E-state index in [1.807, 2.05) is 30.3 Å². The second kappa shape index (κ2) is 3.30. The molecule has 0 heterocycles. The molecule has 2 aromatic rings. The Bertz CT molecular complexity index is 437. The minimum Gasteiger partial charge on any atom is -0.508 e. The number of hydrogen-bond acceptors (Lipinski definition) is 2. The molecule has 0 spiro atoms. The summed E-state index contributed by atoms with van der Waals surface area (Å²) in [6.45, 7) is 0. The van der Waals surface area contributed by atoms with E-state index in [-0.39, 0.29) is 0 Å². The Kier molecular flexibility index (Phi) is 2.15. The lowest BCUT2D eigenvalue weighted by atomic mass is 10.0. The van der Waals surface area contributed by atoms with Crippen LogP contribution in [0.15, 0.2) is 36.4 Å². The van der Waals surface area contributed by atoms with Gasteiger partial charge in [0.25, 0.3) is 0 Å². The largest absolute Gasteiger partial charge is 0.508 e. The van der Waals surface area contributed by atoms with Crippen molar-refractivity contribution in [2.24, 2.45) is 0 Å². The van der Waals surface area contributed by atoms with Crippen molar-refractivity contribution in [1.82, 2.24) is 0 Å². The molecule has 1 N–H and O–H groups in total. The van der Waals surface area contributed by atoms with Crippen molar-refractivity contribution in [3.05, 3.63) is 42.0 Å². The van der Waals surface area contributed by atoms with E-state index < -0.39 is 0 Å². The van der Waals surface area contributed by atoms with Crippen molar-refractivity contribution in [2.45, 2.75) is 5.75 Å². The number of benzene rings is 2. The number of phenols is 1. The van der Waals surface area contributed by atoms with Crippen LogP contribution in [0.2, 0.25) is 0 Å². The zero-order valence-corrected chi connectivity index (χ0v) is 7.96. The van der Waals surface area contributed by atoms with Gasteiger partial charge in [-0.05, 0) is 16.8 Å². The first-order valence-electron chi connectivity index (χ1n) is 4.13. The SMILES string of the molecule is Oc1ccc2ccccc2c1CS. The lowest BCUT2D eigenvalue weighted by Crippen LogP contribution is -1.82. The molecule has 1 nitrogen and oxygen atoms in total. The number of thiol groups is 1. The topological polar surface area (TPSA) is 20.2 Å². The number of hydrogen-bond donors (Lipinski definition) is 2. The van der Waals surface area contributed by atoms with Gasteiger partial charge in [0.1, 0.15) is 5.75 Å². The normalized spacial score (nSPS) is 10.5. The molecule has 66 valence electrons. The molecule has 0 aromatic heterocycles. The average Bonchev–Trinajstić information content (AvgIpc) is 2.18. The molecule has 0 saturated heterocycles. The van der Waals surface area contributed by atoms with E-state index in [0.29, 0.717) is 11.5 Å². The summed E-state index contributed by atoms with van der Waals surface area (Å²) in [4.78, 5) is 0. The summed E-state index contributed by atoms with van der Waals surface area (Å²) < 4.78 is 0. The van der Waals surface area contributed by atoms with Crippen molar-refractivity contribution in [1.29, 1.82) is 0 Å². The molecule has 2 aromatic carbocycles. The van der Waals surface area contributed by atoms with E-state index in [0.717, 1.165) is 16.3 Å². The van der Waals surface area contributed by atoms with Gasteiger partial charge in [-0.25, -0.2) is 0 Å². The molecule has 2 rings (SSSR count). The lowest BCUT2D eigenvalue weighted by molar-refractivity contribution is 0.472. The molecule has 0 aliphatic rings. The highest BCUT2D eigenvalue weighted by atomic mass is 32.1. The molecule has 0 amide bonds. The molecule has 0 unspecified atom stereocenters. The zero-order valence-electron chi connectivity index (χ0n) is 7.07. The van der Waals surface area contributed by atoms with Crippen LogP contribution < -0.4 is 0 Å². The number of aromatic hydroxyl groups is 1. The number of rotatable bonds is 1. The zero-order chi connectivity index (χ0) is 9.26. The molecule has 0 bridgehead atoms. The van der Waals surface area contributed by atoms with E-state index in [4.69, 9.17) is 0 Å². The molecule has 2 heteroatoms. The maximum atomic E-state index is 9.56. The summed E-state index contributed by atoms with van der Waals surface area (Å²) in [6, 6.07) is 11.6. The number of phenolic OH excluding ortho intramolecular Hbond substituents is 1. The van der Waals surface area contributed by atoms with Crippen LogP contribution in [0.5, 0.6) is 5.75 Å². The molecule has 0 atom stereocenters. The second-order valence-electron chi connectivity index (χ2n) is 2.94. The maximum Gasteiger partial charge on any atom is 0.120 e. The molecular weight excluding hydrogens is 180 g/mol. The quantitative estimate of drug-likeness (QED) is 0.662. The molecule has 0 radical (unpaired) electrons. The van der Waals surface area contributed by atoms with Crippen LogP contribution in [0.3, 0.4) is 0 Å². The van der Waals surface area contributed by atoms with Gasteiger partial charge in [-0.2, -0.15) is 12.6 Å². The highest BCUT2D eigenvalue weighted by molar-refractivity contribution is 7.79. The van der Waals surface area contributed by atoms with E-state index in [9.17, 15) is 5.11 Å². The standard InChI is InChI=1S/C11H10OS/c12-11-6-5-8-3-1-2-4-9(8)10(11)7-13/h1-6,12-13H,7H2. The predicted molar refractivity (Wildman–Crippen MR) is 58.3 cm³/mol. The lowest BCUT2D eigenvalue weighted by Gasteiger charge is -2.05. The van der Waals surface area contributed by atoms with Crippen LogP contribution >= 0.6 is 12.6 Å². The van der Waals surface area contributed by atoms with Crippen molar-refractivity contribution in [3.63, 3.8) is 0 Å². The molecule has 0 saturated carbocycles. The van der Waals surface area contributed by atoms with E-state index in [1.165, 1.54) is 0 Å². The number of fused-ring (bicyclic) bond motifs is 1. The summed E-state index contributed by atoms with van der Waals surface area (Å²) in [5, 5.41) is 11.8. The Balaban J connectivity index is 2.84. The van der Waals surface area contributed by atoms with Gasteiger partial charge in [-0.15, -0.1) is 0 Å².